The van der Waals surface area contributed by atoms with Gasteiger partial charge in [0, 0.05) is 15.8 Å². The van der Waals surface area contributed by atoms with Crippen molar-refractivity contribution in [1.82, 2.24) is 0 Å². The summed E-state index contributed by atoms with van der Waals surface area (Å²) in [5.74, 6) is 0. The van der Waals surface area contributed by atoms with Crippen molar-refractivity contribution in [3.05, 3.63) is 37.9 Å². The van der Waals surface area contributed by atoms with Gasteiger partial charge in [0.05, 0.1) is 24.2 Å². The van der Waals surface area contributed by atoms with Gasteiger partial charge in [0.25, 0.3) is 11.4 Å². The lowest BCUT2D eigenvalue weighted by Crippen LogP contribution is -1.99. The molecular weight excluding hydrogens is 190 g/mol. The minimum atomic E-state index is -3.06. The van der Waals surface area contributed by atoms with Crippen LogP contribution in [0.3, 0.4) is 0 Å². The van der Waals surface area contributed by atoms with Gasteiger partial charge in [0.2, 0.25) is 0 Å². The van der Waals surface area contributed by atoms with E-state index < -0.39 is 51.4 Å². The van der Waals surface area contributed by atoms with Crippen LogP contribution in [0.1, 0.15) is 12.4 Å². The Morgan fingerprint density at radius 2 is 2.07 bits per heavy atom. The number of nitrogens with zero attached hydrogens (tertiary/aromatic N) is 2. The Morgan fingerprint density at radius 1 is 1.43 bits per heavy atom. The van der Waals surface area contributed by atoms with E-state index in [1.165, 1.54) is 0 Å². The average molecular weight is 202 g/mol. The first-order valence-electron chi connectivity index (χ1n) is 5.72. The van der Waals surface area contributed by atoms with Gasteiger partial charge in [-0.3, -0.25) is 20.2 Å². The number of nitrogens with two attached hydrogens (primary N) is 1. The highest BCUT2D eigenvalue weighted by Crippen LogP contribution is 2.29. The van der Waals surface area contributed by atoms with Gasteiger partial charge in [0.15, 0.2) is 0 Å². The van der Waals surface area contributed by atoms with Gasteiger partial charge in [0.1, 0.15) is 0 Å². The molecule has 0 spiro atoms. The first kappa shape index (κ1) is 4.89. The second-order valence-electron chi connectivity index (χ2n) is 2.25. The molecule has 0 aliphatic rings. The minimum absolute atomic E-state index is 0.894. The van der Waals surface area contributed by atoms with E-state index in [2.05, 4.69) is 0 Å². The highest BCUT2D eigenvalue weighted by molar-refractivity contribution is 5.63. The maximum absolute atomic E-state index is 10.8. The second-order valence-corrected chi connectivity index (χ2v) is 2.25. The summed E-state index contributed by atoms with van der Waals surface area (Å²) in [7, 11) is 0. The Kier molecular flexibility index (Phi) is 1.15. The molecule has 1 aromatic rings. The second kappa shape index (κ2) is 3.29. The molecule has 0 aromatic heterocycles. The number of rotatable bonds is 2. The van der Waals surface area contributed by atoms with E-state index in [0.717, 1.165) is 0 Å². The van der Waals surface area contributed by atoms with Crippen LogP contribution in [-0.2, 0) is 0 Å². The smallest absolute Gasteiger partial charge is 0.281 e. The number of nitrogen functional groups attached to an aromatic ring is 1. The monoisotopic (exact) mass is 202 g/mol. The van der Waals surface area contributed by atoms with Gasteiger partial charge < -0.3 is 5.73 Å². The van der Waals surface area contributed by atoms with E-state index in [1.54, 1.807) is 0 Å². The SMILES string of the molecule is [2H]c1c(N)c(C([2H])([2H])[2H])c([N+](=O)[O-])c([2H])c1[N+](=O)[O-]. The molecule has 14 heavy (non-hydrogen) atoms. The fourth-order valence-corrected chi connectivity index (χ4v) is 0.752. The van der Waals surface area contributed by atoms with E-state index >= 15 is 0 Å². The van der Waals surface area contributed by atoms with E-state index in [4.69, 9.17) is 12.6 Å². The molecule has 1 rings (SSSR count). The lowest BCUT2D eigenvalue weighted by Gasteiger charge is -2.00. The average Bonchev–Trinajstić information content (AvgIpc) is 2.20. The van der Waals surface area contributed by atoms with Crippen LogP contribution < -0.4 is 5.73 Å². The van der Waals surface area contributed by atoms with Gasteiger partial charge in [-0.15, -0.1) is 0 Å². The standard InChI is InChI=1S/C7H7N3O4/c1-4-6(8)2-5(9(11)12)3-7(4)10(13)14/h2-3H,8H2,1H3/i1D3,2D,3D. The minimum Gasteiger partial charge on any atom is -0.398 e. The molecule has 1 aromatic carbocycles. The summed E-state index contributed by atoms with van der Waals surface area (Å²) in [4.78, 5) is 19.1. The Balaban J connectivity index is 3.97. The normalized spacial score (nSPS) is 15.9. The van der Waals surface area contributed by atoms with Crippen molar-refractivity contribution in [2.75, 3.05) is 5.73 Å². The number of hydrogen-bond donors (Lipinski definition) is 1. The molecule has 0 saturated carbocycles. The lowest BCUT2D eigenvalue weighted by molar-refractivity contribution is -0.394. The van der Waals surface area contributed by atoms with Gasteiger partial charge >= 0.3 is 0 Å². The topological polar surface area (TPSA) is 112 Å². The predicted octanol–water partition coefficient (Wildman–Crippen LogP) is 1.39. The zero-order valence-corrected chi connectivity index (χ0v) is 6.60. The maximum atomic E-state index is 10.8. The number of nitro benzene ring substituents is 2. The molecule has 0 amide bonds. The summed E-state index contributed by atoms with van der Waals surface area (Å²) in [5.41, 5.74) is 0.877. The van der Waals surface area contributed by atoms with E-state index in [0.29, 0.717) is 0 Å². The summed E-state index contributed by atoms with van der Waals surface area (Å²) in [5, 5.41) is 21.5. The number of anilines is 1. The summed E-state index contributed by atoms with van der Waals surface area (Å²) < 4.78 is 36.1. The highest BCUT2D eigenvalue weighted by atomic mass is 16.6. The summed E-state index contributed by atoms with van der Waals surface area (Å²) in [6.45, 7) is -3.06. The van der Waals surface area contributed by atoms with Crippen LogP contribution in [0, 0.1) is 27.1 Å². The Hall–Kier alpha value is -2.18. The Labute approximate surface area is 85.5 Å². The zero-order valence-electron chi connectivity index (χ0n) is 11.6. The fourth-order valence-electron chi connectivity index (χ4n) is 0.752. The van der Waals surface area contributed by atoms with Crippen molar-refractivity contribution >= 4 is 17.1 Å². The first-order valence-corrected chi connectivity index (χ1v) is 3.22. The van der Waals surface area contributed by atoms with Crippen LogP contribution in [0.5, 0.6) is 0 Å². The summed E-state index contributed by atoms with van der Waals surface area (Å²) >= 11 is 0. The van der Waals surface area contributed by atoms with Crippen molar-refractivity contribution < 1.29 is 16.7 Å². The number of hydrogen-bond acceptors (Lipinski definition) is 5. The molecule has 74 valence electrons. The Bertz CT molecular complexity index is 585. The molecule has 7 heteroatoms. The molecule has 2 N–H and O–H groups in total. The van der Waals surface area contributed by atoms with Crippen LogP contribution in [-0.4, -0.2) is 9.85 Å². The molecule has 0 saturated heterocycles. The van der Waals surface area contributed by atoms with Gasteiger partial charge in [-0.25, -0.2) is 0 Å². The first-order chi connectivity index (χ1) is 8.50. The van der Waals surface area contributed by atoms with Gasteiger partial charge in [-0.2, -0.15) is 0 Å². The largest absolute Gasteiger partial charge is 0.398 e. The summed E-state index contributed by atoms with van der Waals surface area (Å²) in [6, 6.07) is -2.27. The number of benzene rings is 1. The fraction of sp³-hybridized carbons (Fsp3) is 0.143. The maximum Gasteiger partial charge on any atom is 0.281 e. The molecule has 0 aliphatic heterocycles. The van der Waals surface area contributed by atoms with Crippen LogP contribution in [0.15, 0.2) is 12.1 Å². The predicted molar refractivity (Wildman–Crippen MR) is 48.9 cm³/mol. The molecule has 7 nitrogen and oxygen atoms in total. The molecule has 0 atom stereocenters. The lowest BCUT2D eigenvalue weighted by atomic mass is 10.1. The molecule has 0 aliphatic carbocycles. The molecule has 0 unspecified atom stereocenters. The van der Waals surface area contributed by atoms with Crippen LogP contribution in [0.25, 0.3) is 0 Å². The van der Waals surface area contributed by atoms with E-state index in [-0.39, 0.29) is 0 Å². The molecule has 0 radical (unpaired) electrons. The third-order valence-electron chi connectivity index (χ3n) is 1.36. The molecule has 0 heterocycles. The zero-order chi connectivity index (χ0) is 15.1. The quantitative estimate of drug-likeness (QED) is 0.442. The van der Waals surface area contributed by atoms with Crippen LogP contribution >= 0.6 is 0 Å². The molecule has 0 fully saturated rings. The molecular formula is C7H7N3O4. The summed E-state index contributed by atoms with van der Waals surface area (Å²) in [6.07, 6.45) is 0. The van der Waals surface area contributed by atoms with E-state index in [9.17, 15) is 20.2 Å². The van der Waals surface area contributed by atoms with Crippen molar-refractivity contribution in [1.29, 1.82) is 0 Å². The van der Waals surface area contributed by atoms with Crippen molar-refractivity contribution in [2.45, 2.75) is 6.85 Å². The molecule has 0 bridgehead atoms. The van der Waals surface area contributed by atoms with Crippen molar-refractivity contribution in [3.63, 3.8) is 0 Å². The van der Waals surface area contributed by atoms with Gasteiger partial charge in [-0.1, -0.05) is 0 Å². The Morgan fingerprint density at radius 3 is 2.50 bits per heavy atom. The van der Waals surface area contributed by atoms with Crippen LogP contribution in [0.4, 0.5) is 17.1 Å². The van der Waals surface area contributed by atoms with Crippen LogP contribution in [0.2, 0.25) is 0 Å². The van der Waals surface area contributed by atoms with Gasteiger partial charge in [-0.05, 0) is 6.85 Å². The van der Waals surface area contributed by atoms with Crippen molar-refractivity contribution in [3.8, 4) is 0 Å². The van der Waals surface area contributed by atoms with E-state index in [1.807, 2.05) is 0 Å². The third kappa shape index (κ3) is 1.60. The highest BCUT2D eigenvalue weighted by Gasteiger charge is 2.19. The van der Waals surface area contributed by atoms with Crippen molar-refractivity contribution in [2.24, 2.45) is 0 Å². The number of nitro groups is 2. The third-order valence-corrected chi connectivity index (χ3v) is 1.36.